The second-order valence-electron chi connectivity index (χ2n) is 8.65. The van der Waals surface area contributed by atoms with Gasteiger partial charge in [0.1, 0.15) is 17.0 Å². The van der Waals surface area contributed by atoms with Crippen LogP contribution in [0.2, 0.25) is 0 Å². The minimum absolute atomic E-state index is 0.342. The lowest BCUT2D eigenvalue weighted by Crippen LogP contribution is -2.10. The summed E-state index contributed by atoms with van der Waals surface area (Å²) in [4.78, 5) is 23.1. The number of nitrogens with zero attached hydrogens (tertiary/aromatic N) is 6. The van der Waals surface area contributed by atoms with Crippen LogP contribution < -0.4 is 0 Å². The van der Waals surface area contributed by atoms with Gasteiger partial charge in [0.25, 0.3) is 0 Å². The van der Waals surface area contributed by atoms with Crippen LogP contribution in [0.3, 0.4) is 0 Å². The summed E-state index contributed by atoms with van der Waals surface area (Å²) in [5, 5.41) is 8.16. The molecule has 0 spiro atoms. The van der Waals surface area contributed by atoms with Crippen LogP contribution in [0, 0.1) is 5.82 Å². The van der Waals surface area contributed by atoms with Crippen molar-refractivity contribution in [1.29, 1.82) is 0 Å². The third kappa shape index (κ3) is 3.81. The Labute approximate surface area is 199 Å². The Hall–Kier alpha value is -4.50. The molecule has 0 amide bonds. The summed E-state index contributed by atoms with van der Waals surface area (Å²) in [6.45, 7) is 0.717. The third-order valence-electron chi connectivity index (χ3n) is 5.83. The fourth-order valence-electron chi connectivity index (χ4n) is 4.29. The predicted molar refractivity (Wildman–Crippen MR) is 133 cm³/mol. The van der Waals surface area contributed by atoms with E-state index in [4.69, 9.17) is 4.98 Å². The average molecular weight is 465 g/mol. The number of imidazole rings is 1. The molecule has 172 valence electrons. The van der Waals surface area contributed by atoms with Crippen molar-refractivity contribution in [2.45, 2.75) is 6.54 Å². The van der Waals surface area contributed by atoms with Crippen LogP contribution in [0.4, 0.5) is 4.39 Å². The molecular weight excluding hydrogens is 443 g/mol. The van der Waals surface area contributed by atoms with Gasteiger partial charge < -0.3 is 9.88 Å². The molecule has 35 heavy (non-hydrogen) atoms. The molecule has 6 aromatic rings. The lowest BCUT2D eigenvalue weighted by Gasteiger charge is -2.11. The SMILES string of the molecule is CN(C)Cc1cncc(-c2cc3c(-c4nc5c(-c6ccncc6)nccc5[nH]4)n[nH]c3cc2F)c1. The number of H-pyrrole nitrogens is 2. The van der Waals surface area contributed by atoms with E-state index in [-0.39, 0.29) is 5.82 Å². The highest BCUT2D eigenvalue weighted by atomic mass is 19.1. The van der Waals surface area contributed by atoms with Crippen LogP contribution in [0.25, 0.3) is 55.8 Å². The Bertz CT molecular complexity index is 1670. The highest BCUT2D eigenvalue weighted by Crippen LogP contribution is 2.33. The van der Waals surface area contributed by atoms with E-state index in [9.17, 15) is 0 Å². The van der Waals surface area contributed by atoms with Crippen LogP contribution in [-0.2, 0) is 6.54 Å². The fraction of sp³-hybridized carbons (Fsp3) is 0.115. The molecule has 0 atom stereocenters. The van der Waals surface area contributed by atoms with Gasteiger partial charge in [-0.1, -0.05) is 0 Å². The smallest absolute Gasteiger partial charge is 0.159 e. The standard InChI is InChI=1S/C26H21FN8/c1-35(2)14-15-9-17(13-29-12-15)18-10-19-22(11-20(18)27)33-34-24(19)26-31-21-5-8-30-23(25(21)32-26)16-3-6-28-7-4-16/h3-13H,14H2,1-2H3,(H,31,32)(H,33,34). The van der Waals surface area contributed by atoms with Crippen LogP contribution in [0.5, 0.6) is 0 Å². The van der Waals surface area contributed by atoms with Crippen LogP contribution in [0.1, 0.15) is 5.56 Å². The molecule has 0 unspecified atom stereocenters. The van der Waals surface area contributed by atoms with Crippen LogP contribution in [0.15, 0.2) is 67.4 Å². The zero-order chi connectivity index (χ0) is 23.9. The summed E-state index contributed by atoms with van der Waals surface area (Å²) in [7, 11) is 3.97. The van der Waals surface area contributed by atoms with Crippen molar-refractivity contribution >= 4 is 21.9 Å². The Morgan fingerprint density at radius 3 is 2.57 bits per heavy atom. The molecule has 2 N–H and O–H groups in total. The van der Waals surface area contributed by atoms with Gasteiger partial charge in [-0.15, -0.1) is 0 Å². The van der Waals surface area contributed by atoms with E-state index >= 15 is 4.39 Å². The number of hydrogen-bond donors (Lipinski definition) is 2. The quantitative estimate of drug-likeness (QED) is 0.379. The molecule has 9 heteroatoms. The molecule has 5 aromatic heterocycles. The Morgan fingerprint density at radius 1 is 0.886 bits per heavy atom. The summed E-state index contributed by atoms with van der Waals surface area (Å²) in [5.74, 6) is 0.233. The minimum Gasteiger partial charge on any atom is -0.336 e. The van der Waals surface area contributed by atoms with Gasteiger partial charge in [-0.3, -0.25) is 20.1 Å². The van der Waals surface area contributed by atoms with Crippen molar-refractivity contribution in [3.05, 3.63) is 78.8 Å². The van der Waals surface area contributed by atoms with E-state index in [1.807, 2.05) is 43.3 Å². The molecule has 0 radical (unpaired) electrons. The molecule has 8 nitrogen and oxygen atoms in total. The van der Waals surface area contributed by atoms with Crippen molar-refractivity contribution < 1.29 is 4.39 Å². The minimum atomic E-state index is -0.342. The van der Waals surface area contributed by atoms with Crippen molar-refractivity contribution in [1.82, 2.24) is 40.0 Å². The Morgan fingerprint density at radius 2 is 1.74 bits per heavy atom. The summed E-state index contributed by atoms with van der Waals surface area (Å²) in [5.41, 5.74) is 6.62. The number of fused-ring (bicyclic) bond motifs is 2. The number of aromatic amines is 2. The average Bonchev–Trinajstić information content (AvgIpc) is 3.47. The lowest BCUT2D eigenvalue weighted by molar-refractivity contribution is 0.402. The Balaban J connectivity index is 1.48. The van der Waals surface area contributed by atoms with Gasteiger partial charge in [-0.05, 0) is 50.0 Å². The summed E-state index contributed by atoms with van der Waals surface area (Å²) < 4.78 is 15.1. The van der Waals surface area contributed by atoms with Gasteiger partial charge in [-0.25, -0.2) is 9.37 Å². The normalized spacial score (nSPS) is 11.7. The van der Waals surface area contributed by atoms with Gasteiger partial charge in [0.05, 0.1) is 16.7 Å². The molecule has 6 rings (SSSR count). The predicted octanol–water partition coefficient (Wildman–Crippen LogP) is 4.83. The number of pyridine rings is 3. The first-order valence-electron chi connectivity index (χ1n) is 11.1. The first-order valence-corrected chi connectivity index (χ1v) is 11.1. The molecule has 0 aliphatic carbocycles. The van der Waals surface area contributed by atoms with Crippen molar-refractivity contribution in [3.63, 3.8) is 0 Å². The molecule has 1 aromatic carbocycles. The van der Waals surface area contributed by atoms with E-state index in [1.165, 1.54) is 6.07 Å². The second kappa shape index (κ2) is 8.37. The molecular formula is C26H21FN8. The molecule has 0 bridgehead atoms. The molecule has 5 heterocycles. The highest BCUT2D eigenvalue weighted by molar-refractivity contribution is 5.97. The summed E-state index contributed by atoms with van der Waals surface area (Å²) in [6.07, 6.45) is 8.67. The third-order valence-corrected chi connectivity index (χ3v) is 5.83. The number of aromatic nitrogens is 7. The van der Waals surface area contributed by atoms with Gasteiger partial charge in [0.2, 0.25) is 0 Å². The van der Waals surface area contributed by atoms with E-state index in [2.05, 4.69) is 30.1 Å². The number of rotatable bonds is 5. The first kappa shape index (κ1) is 21.1. The first-order chi connectivity index (χ1) is 17.1. The highest BCUT2D eigenvalue weighted by Gasteiger charge is 2.18. The zero-order valence-electron chi connectivity index (χ0n) is 19.1. The fourth-order valence-corrected chi connectivity index (χ4v) is 4.29. The number of hydrogen-bond acceptors (Lipinski definition) is 6. The lowest BCUT2D eigenvalue weighted by atomic mass is 10.0. The molecule has 0 aliphatic rings. The second-order valence-corrected chi connectivity index (χ2v) is 8.65. The number of benzene rings is 1. The number of nitrogens with one attached hydrogen (secondary N) is 2. The van der Waals surface area contributed by atoms with Crippen molar-refractivity contribution in [2.75, 3.05) is 14.1 Å². The topological polar surface area (TPSA) is 99.3 Å². The molecule has 0 aliphatic heterocycles. The summed E-state index contributed by atoms with van der Waals surface area (Å²) >= 11 is 0. The van der Waals surface area contributed by atoms with E-state index in [0.717, 1.165) is 33.2 Å². The molecule has 0 saturated heterocycles. The summed E-state index contributed by atoms with van der Waals surface area (Å²) in [6, 6.07) is 10.9. The van der Waals surface area contributed by atoms with Gasteiger partial charge >= 0.3 is 0 Å². The van der Waals surface area contributed by atoms with Gasteiger partial charge in [0.15, 0.2) is 5.82 Å². The maximum Gasteiger partial charge on any atom is 0.159 e. The maximum absolute atomic E-state index is 15.1. The van der Waals surface area contributed by atoms with Crippen molar-refractivity contribution in [3.8, 4) is 33.9 Å². The zero-order valence-corrected chi connectivity index (χ0v) is 19.1. The van der Waals surface area contributed by atoms with E-state index < -0.39 is 0 Å². The van der Waals surface area contributed by atoms with Crippen LogP contribution >= 0.6 is 0 Å². The monoisotopic (exact) mass is 464 g/mol. The van der Waals surface area contributed by atoms with Gasteiger partial charge in [-0.2, -0.15) is 5.10 Å². The van der Waals surface area contributed by atoms with Crippen molar-refractivity contribution in [2.24, 2.45) is 0 Å². The van der Waals surface area contributed by atoms with E-state index in [0.29, 0.717) is 34.7 Å². The number of halogens is 1. The van der Waals surface area contributed by atoms with E-state index in [1.54, 1.807) is 37.1 Å². The maximum atomic E-state index is 15.1. The molecule has 0 fully saturated rings. The van der Waals surface area contributed by atoms with Crippen LogP contribution in [-0.4, -0.2) is 54.1 Å². The largest absolute Gasteiger partial charge is 0.336 e. The van der Waals surface area contributed by atoms with Gasteiger partial charge in [0, 0.05) is 65.7 Å². The molecule has 0 saturated carbocycles. The Kier molecular flexibility index (Phi) is 5.04.